The lowest BCUT2D eigenvalue weighted by atomic mass is 10.2. The number of nitrogens with zero attached hydrogens (tertiary/aromatic N) is 2. The van der Waals surface area contributed by atoms with Crippen LogP contribution in [-0.4, -0.2) is 20.6 Å². The zero-order valence-corrected chi connectivity index (χ0v) is 11.5. The molecular formula is C14H12N2O3S. The molecule has 0 radical (unpaired) electrons. The minimum Gasteiger partial charge on any atom is -0.508 e. The second-order valence-corrected chi connectivity index (χ2v) is 6.07. The van der Waals surface area contributed by atoms with Gasteiger partial charge in [-0.05, 0) is 24.3 Å². The molecule has 2 rings (SSSR count). The molecule has 6 heteroatoms. The fraction of sp³-hybridized carbons (Fsp3) is 0.0714. The van der Waals surface area contributed by atoms with Crippen LogP contribution in [0.15, 0.2) is 53.4 Å². The molecule has 0 aromatic heterocycles. The molecule has 0 fully saturated rings. The Hall–Kier alpha value is -2.52. The average molecular weight is 288 g/mol. The molecule has 0 saturated heterocycles. The number of anilines is 1. The monoisotopic (exact) mass is 288 g/mol. The number of nitriles is 1. The van der Waals surface area contributed by atoms with E-state index in [0.717, 1.165) is 4.31 Å². The Morgan fingerprint density at radius 3 is 2.50 bits per heavy atom. The first-order valence-corrected chi connectivity index (χ1v) is 7.18. The number of sulfonamides is 1. The summed E-state index contributed by atoms with van der Waals surface area (Å²) in [5.74, 6) is -0.131. The lowest BCUT2D eigenvalue weighted by Crippen LogP contribution is -2.27. The molecule has 2 aromatic carbocycles. The summed E-state index contributed by atoms with van der Waals surface area (Å²) in [5, 5.41) is 18.4. The van der Waals surface area contributed by atoms with E-state index in [0.29, 0.717) is 5.69 Å². The third-order valence-electron chi connectivity index (χ3n) is 2.84. The van der Waals surface area contributed by atoms with Crippen molar-refractivity contribution in [2.24, 2.45) is 0 Å². The largest absolute Gasteiger partial charge is 0.508 e. The van der Waals surface area contributed by atoms with Crippen molar-refractivity contribution in [1.82, 2.24) is 0 Å². The van der Waals surface area contributed by atoms with Gasteiger partial charge in [-0.3, -0.25) is 4.31 Å². The van der Waals surface area contributed by atoms with Gasteiger partial charge in [0.05, 0.1) is 16.1 Å². The number of hydrogen-bond donors (Lipinski definition) is 1. The van der Waals surface area contributed by atoms with Crippen LogP contribution in [0.1, 0.15) is 5.56 Å². The molecule has 0 aliphatic carbocycles. The summed E-state index contributed by atoms with van der Waals surface area (Å²) in [6, 6.07) is 13.8. The Labute approximate surface area is 117 Å². The van der Waals surface area contributed by atoms with Crippen molar-refractivity contribution in [3.05, 3.63) is 54.1 Å². The number of phenolic OH excluding ortho intramolecular Hbond substituents is 1. The molecule has 0 amide bonds. The second-order valence-electron chi connectivity index (χ2n) is 4.10. The first-order valence-electron chi connectivity index (χ1n) is 5.74. The molecule has 102 valence electrons. The molecule has 0 aliphatic rings. The average Bonchev–Trinajstić information content (AvgIpc) is 2.46. The number of para-hydroxylation sites is 1. The van der Waals surface area contributed by atoms with E-state index in [1.807, 2.05) is 6.07 Å². The van der Waals surface area contributed by atoms with Crippen LogP contribution in [0, 0.1) is 11.3 Å². The normalized spacial score (nSPS) is 10.8. The van der Waals surface area contributed by atoms with E-state index in [1.54, 1.807) is 24.3 Å². The number of hydrogen-bond acceptors (Lipinski definition) is 4. The van der Waals surface area contributed by atoms with Gasteiger partial charge in [-0.1, -0.05) is 18.2 Å². The lowest BCUT2D eigenvalue weighted by molar-refractivity contribution is 0.473. The molecule has 0 unspecified atom stereocenters. The smallest absolute Gasteiger partial charge is 0.264 e. The molecule has 0 saturated carbocycles. The Bertz CT molecular complexity index is 779. The van der Waals surface area contributed by atoms with E-state index >= 15 is 0 Å². The SMILES string of the molecule is CN(c1ccccc1C#N)S(=O)(=O)c1cccc(O)c1. The van der Waals surface area contributed by atoms with Gasteiger partial charge in [0, 0.05) is 13.1 Å². The van der Waals surface area contributed by atoms with Crippen molar-refractivity contribution >= 4 is 15.7 Å². The molecule has 0 heterocycles. The molecular weight excluding hydrogens is 276 g/mol. The van der Waals surface area contributed by atoms with Gasteiger partial charge >= 0.3 is 0 Å². The topological polar surface area (TPSA) is 81.4 Å². The van der Waals surface area contributed by atoms with Crippen LogP contribution < -0.4 is 4.31 Å². The van der Waals surface area contributed by atoms with E-state index in [-0.39, 0.29) is 16.2 Å². The van der Waals surface area contributed by atoms with Crippen molar-refractivity contribution < 1.29 is 13.5 Å². The first kappa shape index (κ1) is 13.9. The minimum absolute atomic E-state index is 0.0345. The van der Waals surface area contributed by atoms with Crippen LogP contribution in [0.4, 0.5) is 5.69 Å². The van der Waals surface area contributed by atoms with Gasteiger partial charge < -0.3 is 5.11 Å². The minimum atomic E-state index is -3.82. The maximum Gasteiger partial charge on any atom is 0.264 e. The van der Waals surface area contributed by atoms with Crippen LogP contribution >= 0.6 is 0 Å². The molecule has 1 N–H and O–H groups in total. The Morgan fingerprint density at radius 1 is 1.15 bits per heavy atom. The van der Waals surface area contributed by atoms with Crippen molar-refractivity contribution in [3.8, 4) is 11.8 Å². The molecule has 0 aliphatic heterocycles. The van der Waals surface area contributed by atoms with Crippen molar-refractivity contribution in [2.75, 3.05) is 11.4 Å². The zero-order valence-electron chi connectivity index (χ0n) is 10.7. The van der Waals surface area contributed by atoms with E-state index in [1.165, 1.54) is 31.3 Å². The number of aromatic hydroxyl groups is 1. The fourth-order valence-corrected chi connectivity index (χ4v) is 3.03. The number of benzene rings is 2. The Balaban J connectivity index is 2.52. The standard InChI is InChI=1S/C14H12N2O3S/c1-16(14-8-3-2-5-11(14)10-15)20(18,19)13-7-4-6-12(17)9-13/h2-9,17H,1H3. The van der Waals surface area contributed by atoms with Crippen LogP contribution in [0.3, 0.4) is 0 Å². The van der Waals surface area contributed by atoms with Crippen LogP contribution in [0.25, 0.3) is 0 Å². The second kappa shape index (κ2) is 5.23. The summed E-state index contributed by atoms with van der Waals surface area (Å²) in [5.41, 5.74) is 0.553. The number of phenols is 1. The molecule has 2 aromatic rings. The molecule has 0 atom stereocenters. The predicted octanol–water partition coefficient (Wildman–Crippen LogP) is 2.09. The van der Waals surface area contributed by atoms with Crippen LogP contribution in [0.2, 0.25) is 0 Å². The third kappa shape index (κ3) is 2.44. The van der Waals surface area contributed by atoms with Gasteiger partial charge in [-0.2, -0.15) is 5.26 Å². The maximum atomic E-state index is 12.5. The maximum absolute atomic E-state index is 12.5. The fourth-order valence-electron chi connectivity index (χ4n) is 1.77. The zero-order chi connectivity index (χ0) is 14.8. The van der Waals surface area contributed by atoms with Gasteiger partial charge in [-0.15, -0.1) is 0 Å². The first-order chi connectivity index (χ1) is 9.46. The van der Waals surface area contributed by atoms with Gasteiger partial charge in [0.15, 0.2) is 0 Å². The van der Waals surface area contributed by atoms with Crippen molar-refractivity contribution in [3.63, 3.8) is 0 Å². The summed E-state index contributed by atoms with van der Waals surface area (Å²) >= 11 is 0. The summed E-state index contributed by atoms with van der Waals surface area (Å²) in [6.07, 6.45) is 0. The molecule has 20 heavy (non-hydrogen) atoms. The van der Waals surface area contributed by atoms with Gasteiger partial charge in [0.1, 0.15) is 11.8 Å². The molecule has 5 nitrogen and oxygen atoms in total. The van der Waals surface area contributed by atoms with Gasteiger partial charge in [-0.25, -0.2) is 8.42 Å². The molecule has 0 bridgehead atoms. The Kier molecular flexibility index (Phi) is 3.63. The summed E-state index contributed by atoms with van der Waals surface area (Å²) in [4.78, 5) is -0.0345. The quantitative estimate of drug-likeness (QED) is 0.937. The molecule has 0 spiro atoms. The van der Waals surface area contributed by atoms with Gasteiger partial charge in [0.2, 0.25) is 0 Å². The summed E-state index contributed by atoms with van der Waals surface area (Å²) in [6.45, 7) is 0. The van der Waals surface area contributed by atoms with E-state index in [4.69, 9.17) is 5.26 Å². The van der Waals surface area contributed by atoms with Crippen LogP contribution in [0.5, 0.6) is 5.75 Å². The summed E-state index contributed by atoms with van der Waals surface area (Å²) in [7, 11) is -2.45. The van der Waals surface area contributed by atoms with E-state index < -0.39 is 10.0 Å². The van der Waals surface area contributed by atoms with E-state index in [9.17, 15) is 13.5 Å². The van der Waals surface area contributed by atoms with E-state index in [2.05, 4.69) is 0 Å². The van der Waals surface area contributed by atoms with Crippen molar-refractivity contribution in [1.29, 1.82) is 5.26 Å². The highest BCUT2D eigenvalue weighted by atomic mass is 32.2. The highest BCUT2D eigenvalue weighted by Crippen LogP contribution is 2.26. The highest BCUT2D eigenvalue weighted by Gasteiger charge is 2.23. The number of rotatable bonds is 3. The Morgan fingerprint density at radius 2 is 1.85 bits per heavy atom. The predicted molar refractivity (Wildman–Crippen MR) is 74.9 cm³/mol. The lowest BCUT2D eigenvalue weighted by Gasteiger charge is -2.20. The van der Waals surface area contributed by atoms with Crippen LogP contribution in [-0.2, 0) is 10.0 Å². The van der Waals surface area contributed by atoms with Gasteiger partial charge in [0.25, 0.3) is 10.0 Å². The third-order valence-corrected chi connectivity index (χ3v) is 4.61. The van der Waals surface area contributed by atoms with Crippen molar-refractivity contribution in [2.45, 2.75) is 4.90 Å². The summed E-state index contributed by atoms with van der Waals surface area (Å²) < 4.78 is 25.9. The highest BCUT2D eigenvalue weighted by molar-refractivity contribution is 7.92.